The van der Waals surface area contributed by atoms with Crippen molar-refractivity contribution in [1.82, 2.24) is 10.6 Å². The van der Waals surface area contributed by atoms with Crippen LogP contribution in [0.4, 0.5) is 4.79 Å². The van der Waals surface area contributed by atoms with Crippen LogP contribution in [0, 0.1) is 12.8 Å². The van der Waals surface area contributed by atoms with Crippen molar-refractivity contribution in [3.05, 3.63) is 35.4 Å². The smallest absolute Gasteiger partial charge is 0.328 e. The van der Waals surface area contributed by atoms with Gasteiger partial charge in [0.05, 0.1) is 7.11 Å². The first kappa shape index (κ1) is 16.0. The highest BCUT2D eigenvalue weighted by Crippen LogP contribution is 2.04. The van der Waals surface area contributed by atoms with E-state index >= 15 is 0 Å². The summed E-state index contributed by atoms with van der Waals surface area (Å²) in [5.41, 5.74) is 2.17. The monoisotopic (exact) mass is 278 g/mol. The number of hydrogen-bond acceptors (Lipinski definition) is 3. The highest BCUT2D eigenvalue weighted by Gasteiger charge is 2.24. The van der Waals surface area contributed by atoms with Crippen molar-refractivity contribution >= 4 is 12.0 Å². The number of rotatable bonds is 5. The zero-order valence-electron chi connectivity index (χ0n) is 12.4. The third-order valence-corrected chi connectivity index (χ3v) is 2.98. The highest BCUT2D eigenvalue weighted by atomic mass is 16.5. The maximum absolute atomic E-state index is 11.8. The maximum Gasteiger partial charge on any atom is 0.328 e. The quantitative estimate of drug-likeness (QED) is 0.809. The van der Waals surface area contributed by atoms with Gasteiger partial charge in [0, 0.05) is 6.54 Å². The number of aryl methyl sites for hydroxylation is 1. The van der Waals surface area contributed by atoms with Gasteiger partial charge in [0.1, 0.15) is 6.04 Å². The van der Waals surface area contributed by atoms with Gasteiger partial charge in [0.2, 0.25) is 0 Å². The molecule has 0 fully saturated rings. The van der Waals surface area contributed by atoms with Crippen LogP contribution in [-0.2, 0) is 16.1 Å². The summed E-state index contributed by atoms with van der Waals surface area (Å²) in [7, 11) is 1.31. The fourth-order valence-corrected chi connectivity index (χ4v) is 1.71. The number of carbonyl (C=O) groups is 2. The molecule has 0 saturated carbocycles. The van der Waals surface area contributed by atoms with Gasteiger partial charge < -0.3 is 15.4 Å². The summed E-state index contributed by atoms with van der Waals surface area (Å²) in [5.74, 6) is -0.474. The topological polar surface area (TPSA) is 67.4 Å². The predicted molar refractivity (Wildman–Crippen MR) is 77.2 cm³/mol. The van der Waals surface area contributed by atoms with Crippen LogP contribution in [0.2, 0.25) is 0 Å². The van der Waals surface area contributed by atoms with Gasteiger partial charge in [0.15, 0.2) is 0 Å². The van der Waals surface area contributed by atoms with E-state index in [2.05, 4.69) is 15.4 Å². The molecular formula is C15H22N2O3. The molecule has 0 bridgehead atoms. The SMILES string of the molecule is COC(=O)[C@H](NC(=O)NCc1ccc(C)cc1)C(C)C. The Hall–Kier alpha value is -2.04. The summed E-state index contributed by atoms with van der Waals surface area (Å²) in [5, 5.41) is 5.35. The minimum absolute atomic E-state index is 0.0347. The van der Waals surface area contributed by atoms with Crippen molar-refractivity contribution in [2.75, 3.05) is 7.11 Å². The van der Waals surface area contributed by atoms with Crippen molar-refractivity contribution in [3.8, 4) is 0 Å². The van der Waals surface area contributed by atoms with Crippen molar-refractivity contribution in [3.63, 3.8) is 0 Å². The molecule has 110 valence electrons. The Bertz CT molecular complexity index is 455. The van der Waals surface area contributed by atoms with Crippen molar-refractivity contribution in [1.29, 1.82) is 0 Å². The number of ether oxygens (including phenoxy) is 1. The van der Waals surface area contributed by atoms with E-state index in [1.165, 1.54) is 12.7 Å². The standard InChI is InChI=1S/C15H22N2O3/c1-10(2)13(14(18)20-4)17-15(19)16-9-12-7-5-11(3)6-8-12/h5-8,10,13H,9H2,1-4H3,(H2,16,17,19)/t13-/m1/s1. The Morgan fingerprint density at radius 3 is 2.30 bits per heavy atom. The molecule has 0 aliphatic carbocycles. The van der Waals surface area contributed by atoms with E-state index in [1.54, 1.807) is 0 Å². The molecule has 2 amide bonds. The molecule has 1 aromatic rings. The van der Waals surface area contributed by atoms with E-state index in [9.17, 15) is 9.59 Å². The van der Waals surface area contributed by atoms with Crippen molar-refractivity contribution < 1.29 is 14.3 Å². The zero-order valence-corrected chi connectivity index (χ0v) is 12.4. The second-order valence-corrected chi connectivity index (χ2v) is 5.06. The number of carbonyl (C=O) groups excluding carboxylic acids is 2. The van der Waals surface area contributed by atoms with Crippen molar-refractivity contribution in [2.45, 2.75) is 33.4 Å². The molecule has 0 aliphatic rings. The van der Waals surface area contributed by atoms with E-state index < -0.39 is 12.0 Å². The molecule has 5 nitrogen and oxygen atoms in total. The van der Waals surface area contributed by atoms with Gasteiger partial charge in [-0.05, 0) is 18.4 Å². The Morgan fingerprint density at radius 2 is 1.80 bits per heavy atom. The fourth-order valence-electron chi connectivity index (χ4n) is 1.71. The van der Waals surface area contributed by atoms with E-state index in [0.717, 1.165) is 5.56 Å². The van der Waals surface area contributed by atoms with Gasteiger partial charge in [-0.15, -0.1) is 0 Å². The van der Waals surface area contributed by atoms with Crippen LogP contribution in [0.5, 0.6) is 0 Å². The Morgan fingerprint density at radius 1 is 1.20 bits per heavy atom. The summed E-state index contributed by atoms with van der Waals surface area (Å²) < 4.78 is 4.67. The first-order valence-electron chi connectivity index (χ1n) is 6.61. The molecule has 0 heterocycles. The molecule has 20 heavy (non-hydrogen) atoms. The van der Waals surface area contributed by atoms with Crippen LogP contribution in [-0.4, -0.2) is 25.2 Å². The van der Waals surface area contributed by atoms with Gasteiger partial charge in [0.25, 0.3) is 0 Å². The summed E-state index contributed by atoms with van der Waals surface area (Å²) in [6, 6.07) is 6.86. The minimum atomic E-state index is -0.641. The van der Waals surface area contributed by atoms with Crippen LogP contribution >= 0.6 is 0 Å². The Labute approximate surface area is 119 Å². The van der Waals surface area contributed by atoms with Crippen LogP contribution in [0.1, 0.15) is 25.0 Å². The normalized spacial score (nSPS) is 11.8. The molecule has 5 heteroatoms. The lowest BCUT2D eigenvalue weighted by molar-refractivity contribution is -0.143. The molecule has 0 spiro atoms. The minimum Gasteiger partial charge on any atom is -0.467 e. The average Bonchev–Trinajstić information content (AvgIpc) is 2.43. The van der Waals surface area contributed by atoms with Crippen LogP contribution in [0.3, 0.4) is 0 Å². The number of hydrogen-bond donors (Lipinski definition) is 2. The predicted octanol–water partition coefficient (Wildman–Crippen LogP) is 1.99. The number of methoxy groups -OCH3 is 1. The lowest BCUT2D eigenvalue weighted by atomic mass is 10.1. The molecule has 0 aliphatic heterocycles. The summed E-state index contributed by atoms with van der Waals surface area (Å²) in [6.45, 7) is 6.12. The molecule has 1 atom stereocenters. The van der Waals surface area contributed by atoms with Gasteiger partial charge in [-0.3, -0.25) is 0 Å². The van der Waals surface area contributed by atoms with E-state index in [1.807, 2.05) is 45.0 Å². The third-order valence-electron chi connectivity index (χ3n) is 2.98. The number of esters is 1. The second kappa shape index (κ2) is 7.53. The molecule has 1 aromatic carbocycles. The van der Waals surface area contributed by atoms with E-state index in [-0.39, 0.29) is 11.9 Å². The van der Waals surface area contributed by atoms with Gasteiger partial charge in [-0.1, -0.05) is 43.7 Å². The van der Waals surface area contributed by atoms with Gasteiger partial charge in [-0.2, -0.15) is 0 Å². The number of urea groups is 1. The molecule has 1 rings (SSSR count). The number of amides is 2. The molecule has 0 radical (unpaired) electrons. The highest BCUT2D eigenvalue weighted by molar-refractivity contribution is 5.83. The van der Waals surface area contributed by atoms with Crippen LogP contribution < -0.4 is 10.6 Å². The summed E-state index contributed by atoms with van der Waals surface area (Å²) in [4.78, 5) is 23.3. The van der Waals surface area contributed by atoms with E-state index in [0.29, 0.717) is 6.54 Å². The summed E-state index contributed by atoms with van der Waals surface area (Å²) in [6.07, 6.45) is 0. The molecule has 0 saturated heterocycles. The number of benzene rings is 1. The molecule has 0 aromatic heterocycles. The number of nitrogens with one attached hydrogen (secondary N) is 2. The van der Waals surface area contributed by atoms with Crippen molar-refractivity contribution in [2.24, 2.45) is 5.92 Å². The van der Waals surface area contributed by atoms with Crippen LogP contribution in [0.25, 0.3) is 0 Å². The molecule has 0 unspecified atom stereocenters. The Balaban J connectivity index is 2.49. The maximum atomic E-state index is 11.8. The lowest BCUT2D eigenvalue weighted by Gasteiger charge is -2.20. The second-order valence-electron chi connectivity index (χ2n) is 5.06. The molecule has 2 N–H and O–H groups in total. The van der Waals surface area contributed by atoms with Gasteiger partial charge >= 0.3 is 12.0 Å². The lowest BCUT2D eigenvalue weighted by Crippen LogP contribution is -2.48. The first-order chi connectivity index (χ1) is 9.43. The summed E-state index contributed by atoms with van der Waals surface area (Å²) >= 11 is 0. The Kier molecular flexibility index (Phi) is 6.03. The molecular weight excluding hydrogens is 256 g/mol. The zero-order chi connectivity index (χ0) is 15.1. The third kappa shape index (κ3) is 4.91. The van der Waals surface area contributed by atoms with Gasteiger partial charge in [-0.25, -0.2) is 9.59 Å². The first-order valence-corrected chi connectivity index (χ1v) is 6.61. The largest absolute Gasteiger partial charge is 0.467 e. The fraction of sp³-hybridized carbons (Fsp3) is 0.467. The van der Waals surface area contributed by atoms with Crippen LogP contribution in [0.15, 0.2) is 24.3 Å². The average molecular weight is 278 g/mol. The van der Waals surface area contributed by atoms with E-state index in [4.69, 9.17) is 0 Å².